The van der Waals surface area contributed by atoms with Crippen LogP contribution in [0.5, 0.6) is 0 Å². The quantitative estimate of drug-likeness (QED) is 0.465. The van der Waals surface area contributed by atoms with Crippen molar-refractivity contribution in [3.05, 3.63) is 42.1 Å². The first kappa shape index (κ1) is 10.5. The summed E-state index contributed by atoms with van der Waals surface area (Å²) in [4.78, 5) is 4.25. The predicted octanol–water partition coefficient (Wildman–Crippen LogP) is 1.40. The van der Waals surface area contributed by atoms with E-state index in [0.29, 0.717) is 0 Å². The molecule has 2 rings (SSSR count). The average molecular weight is 230 g/mol. The van der Waals surface area contributed by atoms with Crippen molar-refractivity contribution in [2.45, 2.75) is 0 Å². The third kappa shape index (κ3) is 2.32. The number of hydrogen-bond acceptors (Lipinski definition) is 3. The number of para-hydroxylation sites is 1. The number of aromatic nitrogens is 1. The van der Waals surface area contributed by atoms with Gasteiger partial charge in [0.15, 0.2) is 5.11 Å². The first-order valence-corrected chi connectivity index (χ1v) is 5.10. The molecule has 1 aromatic heterocycles. The van der Waals surface area contributed by atoms with Gasteiger partial charge in [-0.2, -0.15) is 5.10 Å². The number of hydrazone groups is 1. The topological polar surface area (TPSA) is 63.3 Å². The molecule has 80 valence electrons. The minimum atomic E-state index is 0.148. The van der Waals surface area contributed by atoms with Crippen LogP contribution >= 0.6 is 12.2 Å². The number of thiocarbonyl (C=S) groups is 1. The van der Waals surface area contributed by atoms with E-state index in [9.17, 15) is 0 Å². The first-order chi connectivity index (χ1) is 7.77. The monoisotopic (exact) mass is 230 g/mol. The van der Waals surface area contributed by atoms with Crippen LogP contribution in [0.1, 0.15) is 5.56 Å². The molecule has 0 fully saturated rings. The summed E-state index contributed by atoms with van der Waals surface area (Å²) in [6, 6.07) is 9.73. The van der Waals surface area contributed by atoms with Crippen LogP contribution in [-0.2, 0) is 0 Å². The van der Waals surface area contributed by atoms with E-state index < -0.39 is 0 Å². The molecule has 5 heteroatoms. The van der Waals surface area contributed by atoms with Gasteiger partial charge in [-0.05, 0) is 24.4 Å². The molecule has 0 aliphatic rings. The van der Waals surface area contributed by atoms with E-state index in [2.05, 4.69) is 27.7 Å². The van der Waals surface area contributed by atoms with Gasteiger partial charge in [-0.1, -0.05) is 18.2 Å². The van der Waals surface area contributed by atoms with Crippen molar-refractivity contribution >= 4 is 34.4 Å². The molecule has 3 N–H and O–H groups in total. The van der Waals surface area contributed by atoms with Crippen LogP contribution in [0.15, 0.2) is 41.6 Å². The van der Waals surface area contributed by atoms with Crippen molar-refractivity contribution < 1.29 is 0 Å². The second kappa shape index (κ2) is 4.67. The maximum Gasteiger partial charge on any atom is 0.184 e. The third-order valence-corrected chi connectivity index (χ3v) is 2.15. The second-order valence-corrected chi connectivity index (χ2v) is 3.59. The van der Waals surface area contributed by atoms with Crippen molar-refractivity contribution in [2.75, 3.05) is 0 Å². The summed E-state index contributed by atoms with van der Waals surface area (Å²) in [6.45, 7) is 0. The summed E-state index contributed by atoms with van der Waals surface area (Å²) < 4.78 is 0. The number of rotatable bonds is 2. The summed E-state index contributed by atoms with van der Waals surface area (Å²) in [5.74, 6) is 0. The fraction of sp³-hybridized carbons (Fsp3) is 0. The molecule has 16 heavy (non-hydrogen) atoms. The summed E-state index contributed by atoms with van der Waals surface area (Å²) in [5, 5.41) is 5.11. The number of hydrogen-bond donors (Lipinski definition) is 2. The van der Waals surface area contributed by atoms with E-state index in [1.807, 2.05) is 30.3 Å². The fourth-order valence-corrected chi connectivity index (χ4v) is 1.45. The van der Waals surface area contributed by atoms with Gasteiger partial charge in [-0.3, -0.25) is 10.4 Å². The molecular formula is C11H10N4S. The molecule has 0 saturated carbocycles. The number of fused-ring (bicyclic) bond motifs is 1. The highest BCUT2D eigenvalue weighted by Gasteiger charge is 1.97. The minimum absolute atomic E-state index is 0.148. The Balaban J connectivity index is 2.37. The van der Waals surface area contributed by atoms with E-state index in [4.69, 9.17) is 5.73 Å². The van der Waals surface area contributed by atoms with E-state index in [-0.39, 0.29) is 5.11 Å². The van der Waals surface area contributed by atoms with E-state index in [1.165, 1.54) is 0 Å². The normalized spacial score (nSPS) is 10.8. The zero-order valence-corrected chi connectivity index (χ0v) is 9.24. The lowest BCUT2D eigenvalue weighted by Gasteiger charge is -2.00. The Morgan fingerprint density at radius 2 is 2.19 bits per heavy atom. The van der Waals surface area contributed by atoms with Crippen LogP contribution in [0, 0.1) is 0 Å². The van der Waals surface area contributed by atoms with Crippen LogP contribution in [-0.4, -0.2) is 16.3 Å². The summed E-state index contributed by atoms with van der Waals surface area (Å²) in [5.41, 5.74) is 9.68. The molecule has 0 radical (unpaired) electrons. The number of pyridine rings is 1. The van der Waals surface area contributed by atoms with Gasteiger partial charge in [-0.15, -0.1) is 0 Å². The average Bonchev–Trinajstić information content (AvgIpc) is 2.29. The van der Waals surface area contributed by atoms with Gasteiger partial charge in [0.1, 0.15) is 0 Å². The second-order valence-electron chi connectivity index (χ2n) is 3.15. The van der Waals surface area contributed by atoms with Crippen molar-refractivity contribution in [3.8, 4) is 0 Å². The highest BCUT2D eigenvalue weighted by atomic mass is 32.1. The summed E-state index contributed by atoms with van der Waals surface area (Å²) in [6.07, 6.45) is 3.41. The number of benzene rings is 1. The molecule has 0 aliphatic heterocycles. The Kier molecular flexibility index (Phi) is 3.07. The lowest BCUT2D eigenvalue weighted by molar-refractivity contribution is 1.04. The Bertz CT molecular complexity index is 545. The van der Waals surface area contributed by atoms with Crippen LogP contribution in [0.4, 0.5) is 0 Å². The van der Waals surface area contributed by atoms with Crippen molar-refractivity contribution in [1.29, 1.82) is 0 Å². The zero-order valence-electron chi connectivity index (χ0n) is 8.42. The Morgan fingerprint density at radius 1 is 1.38 bits per heavy atom. The van der Waals surface area contributed by atoms with Crippen molar-refractivity contribution in [3.63, 3.8) is 0 Å². The van der Waals surface area contributed by atoms with Gasteiger partial charge in [0, 0.05) is 17.1 Å². The standard InChI is InChI=1S/C11H10N4S/c12-11(16)15-14-7-8-5-6-13-10-4-2-1-3-9(8)10/h1-7H,(H3,12,15,16)/b14-7-. The maximum absolute atomic E-state index is 5.26. The SMILES string of the molecule is NC(=S)N/N=C\c1ccnc2ccccc12. The van der Waals surface area contributed by atoms with Gasteiger partial charge >= 0.3 is 0 Å². The molecule has 0 atom stereocenters. The molecule has 2 aromatic rings. The fourth-order valence-electron chi connectivity index (χ4n) is 1.40. The molecular weight excluding hydrogens is 220 g/mol. The number of nitrogens with one attached hydrogen (secondary N) is 1. The maximum atomic E-state index is 5.26. The van der Waals surface area contributed by atoms with E-state index in [0.717, 1.165) is 16.5 Å². The molecule has 0 aliphatic carbocycles. The molecule has 1 aromatic carbocycles. The Labute approximate surface area is 98.2 Å². The van der Waals surface area contributed by atoms with Crippen LogP contribution in [0.3, 0.4) is 0 Å². The minimum Gasteiger partial charge on any atom is -0.375 e. The zero-order chi connectivity index (χ0) is 11.4. The molecule has 0 amide bonds. The molecule has 4 nitrogen and oxygen atoms in total. The van der Waals surface area contributed by atoms with Gasteiger partial charge in [0.25, 0.3) is 0 Å². The molecule has 1 heterocycles. The number of nitrogens with two attached hydrogens (primary N) is 1. The first-order valence-electron chi connectivity index (χ1n) is 4.69. The van der Waals surface area contributed by atoms with Crippen LogP contribution in [0.25, 0.3) is 10.9 Å². The van der Waals surface area contributed by atoms with Gasteiger partial charge < -0.3 is 5.73 Å². The highest BCUT2D eigenvalue weighted by molar-refractivity contribution is 7.80. The Morgan fingerprint density at radius 3 is 3.00 bits per heavy atom. The molecule has 0 saturated heterocycles. The van der Waals surface area contributed by atoms with Crippen molar-refractivity contribution in [2.24, 2.45) is 10.8 Å². The lowest BCUT2D eigenvalue weighted by Crippen LogP contribution is -2.24. The predicted molar refractivity (Wildman–Crippen MR) is 69.3 cm³/mol. The highest BCUT2D eigenvalue weighted by Crippen LogP contribution is 2.13. The molecule has 0 bridgehead atoms. The van der Waals surface area contributed by atoms with Gasteiger partial charge in [-0.25, -0.2) is 0 Å². The largest absolute Gasteiger partial charge is 0.375 e. The molecule has 0 spiro atoms. The smallest absolute Gasteiger partial charge is 0.184 e. The van der Waals surface area contributed by atoms with Crippen LogP contribution in [0.2, 0.25) is 0 Å². The van der Waals surface area contributed by atoms with Gasteiger partial charge in [0.05, 0.1) is 11.7 Å². The van der Waals surface area contributed by atoms with E-state index in [1.54, 1.807) is 12.4 Å². The third-order valence-electron chi connectivity index (χ3n) is 2.06. The van der Waals surface area contributed by atoms with Crippen LogP contribution < -0.4 is 11.2 Å². The van der Waals surface area contributed by atoms with Crippen molar-refractivity contribution in [1.82, 2.24) is 10.4 Å². The summed E-state index contributed by atoms with van der Waals surface area (Å²) >= 11 is 4.65. The summed E-state index contributed by atoms with van der Waals surface area (Å²) in [7, 11) is 0. The Hall–Kier alpha value is -2.01. The van der Waals surface area contributed by atoms with Gasteiger partial charge in [0.2, 0.25) is 0 Å². The number of nitrogens with zero attached hydrogens (tertiary/aromatic N) is 2. The lowest BCUT2D eigenvalue weighted by atomic mass is 10.1. The molecule has 0 unspecified atom stereocenters. The van der Waals surface area contributed by atoms with E-state index >= 15 is 0 Å².